The summed E-state index contributed by atoms with van der Waals surface area (Å²) in [5.74, 6) is -0.433. The molecule has 2 aromatic carbocycles. The van der Waals surface area contributed by atoms with Gasteiger partial charge in [0.05, 0.1) is 28.7 Å². The molecule has 28 heavy (non-hydrogen) atoms. The highest BCUT2D eigenvalue weighted by Crippen LogP contribution is 2.30. The Morgan fingerprint density at radius 2 is 1.79 bits per heavy atom. The number of hydrogen-bond donors (Lipinski definition) is 1. The van der Waals surface area contributed by atoms with Crippen molar-refractivity contribution in [2.75, 3.05) is 19.8 Å². The van der Waals surface area contributed by atoms with Crippen LogP contribution in [-0.4, -0.2) is 40.0 Å². The van der Waals surface area contributed by atoms with Crippen molar-refractivity contribution in [3.63, 3.8) is 0 Å². The minimum Gasteiger partial charge on any atom is -0.490 e. The molecule has 148 valence electrons. The minimum absolute atomic E-state index is 0.0274. The molecule has 0 radical (unpaired) electrons. The lowest BCUT2D eigenvalue weighted by molar-refractivity contribution is 0.0474. The summed E-state index contributed by atoms with van der Waals surface area (Å²) in [6.07, 6.45) is 0.730. The number of primary sulfonamides is 1. The van der Waals surface area contributed by atoms with Gasteiger partial charge in [0.15, 0.2) is 23.9 Å². The van der Waals surface area contributed by atoms with E-state index in [1.807, 2.05) is 0 Å². The molecule has 0 unspecified atom stereocenters. The van der Waals surface area contributed by atoms with Gasteiger partial charge in [0, 0.05) is 12.0 Å². The van der Waals surface area contributed by atoms with Gasteiger partial charge in [0.2, 0.25) is 10.0 Å². The first kappa shape index (κ1) is 20.1. The summed E-state index contributed by atoms with van der Waals surface area (Å²) in [5.41, 5.74) is 0.0705. The predicted octanol–water partition coefficient (Wildman–Crippen LogP) is 2.19. The highest BCUT2D eigenvalue weighted by atomic mass is 35.5. The van der Waals surface area contributed by atoms with E-state index in [4.69, 9.17) is 31.0 Å². The van der Waals surface area contributed by atoms with Crippen molar-refractivity contribution < 1.29 is 32.2 Å². The monoisotopic (exact) mass is 425 g/mol. The maximum absolute atomic E-state index is 12.3. The second-order valence-electron chi connectivity index (χ2n) is 5.90. The van der Waals surface area contributed by atoms with Crippen molar-refractivity contribution in [2.24, 2.45) is 5.14 Å². The van der Waals surface area contributed by atoms with Gasteiger partial charge in [0.25, 0.3) is 0 Å². The average molecular weight is 426 g/mol. The number of ether oxygens (including phenoxy) is 3. The van der Waals surface area contributed by atoms with Gasteiger partial charge < -0.3 is 14.2 Å². The fraction of sp³-hybridized carbons (Fsp3) is 0.222. The predicted molar refractivity (Wildman–Crippen MR) is 99.5 cm³/mol. The summed E-state index contributed by atoms with van der Waals surface area (Å²) in [7, 11) is -4.02. The van der Waals surface area contributed by atoms with Gasteiger partial charge >= 0.3 is 5.97 Å². The highest BCUT2D eigenvalue weighted by Gasteiger charge is 2.19. The van der Waals surface area contributed by atoms with Crippen molar-refractivity contribution in [3.05, 3.63) is 52.5 Å². The van der Waals surface area contributed by atoms with Crippen LogP contribution in [-0.2, 0) is 14.8 Å². The first-order valence-corrected chi connectivity index (χ1v) is 10.1. The van der Waals surface area contributed by atoms with E-state index in [9.17, 15) is 18.0 Å². The molecular formula is C18H16ClNO7S. The van der Waals surface area contributed by atoms with Crippen LogP contribution in [0.25, 0.3) is 0 Å². The Bertz CT molecular complexity index is 1040. The molecule has 0 bridgehead atoms. The molecule has 0 saturated carbocycles. The molecule has 1 heterocycles. The molecule has 0 spiro atoms. The first-order valence-electron chi connectivity index (χ1n) is 8.18. The molecule has 8 nitrogen and oxygen atoms in total. The number of carbonyl (C=O) groups excluding carboxylic acids is 2. The fourth-order valence-corrected chi connectivity index (χ4v) is 3.20. The summed E-state index contributed by atoms with van der Waals surface area (Å²) in [6, 6.07) is 8.05. The third-order valence-electron chi connectivity index (χ3n) is 3.89. The SMILES string of the molecule is NS(=O)(=O)c1ccc(Cl)c(C(=O)OCC(=O)c2ccc3c(c2)OCCCO3)c1. The number of carbonyl (C=O) groups is 2. The van der Waals surface area contributed by atoms with Gasteiger partial charge in [-0.15, -0.1) is 0 Å². The lowest BCUT2D eigenvalue weighted by atomic mass is 10.1. The summed E-state index contributed by atoms with van der Waals surface area (Å²) in [5, 5.41) is 5.01. The molecule has 0 saturated heterocycles. The van der Waals surface area contributed by atoms with Gasteiger partial charge in [0.1, 0.15) is 0 Å². The Labute approximate surface area is 166 Å². The van der Waals surface area contributed by atoms with Crippen LogP contribution in [0.15, 0.2) is 41.3 Å². The van der Waals surface area contributed by atoms with E-state index in [1.165, 1.54) is 18.2 Å². The Morgan fingerprint density at radius 1 is 1.07 bits per heavy atom. The van der Waals surface area contributed by atoms with Crippen LogP contribution >= 0.6 is 11.6 Å². The number of benzene rings is 2. The Morgan fingerprint density at radius 3 is 2.50 bits per heavy atom. The third-order valence-corrected chi connectivity index (χ3v) is 5.13. The number of fused-ring (bicyclic) bond motifs is 1. The highest BCUT2D eigenvalue weighted by molar-refractivity contribution is 7.89. The molecule has 0 aliphatic carbocycles. The Balaban J connectivity index is 1.71. The van der Waals surface area contributed by atoms with Crippen molar-refractivity contribution >= 4 is 33.4 Å². The normalized spacial score (nSPS) is 13.5. The van der Waals surface area contributed by atoms with E-state index in [0.717, 1.165) is 18.6 Å². The van der Waals surface area contributed by atoms with Crippen LogP contribution in [0.3, 0.4) is 0 Å². The van der Waals surface area contributed by atoms with E-state index in [1.54, 1.807) is 6.07 Å². The van der Waals surface area contributed by atoms with Gasteiger partial charge in [-0.3, -0.25) is 4.79 Å². The maximum atomic E-state index is 12.3. The van der Waals surface area contributed by atoms with E-state index in [2.05, 4.69) is 0 Å². The molecule has 1 aliphatic heterocycles. The van der Waals surface area contributed by atoms with Crippen LogP contribution < -0.4 is 14.6 Å². The number of hydrogen-bond acceptors (Lipinski definition) is 7. The summed E-state index contributed by atoms with van der Waals surface area (Å²) < 4.78 is 38.8. The van der Waals surface area contributed by atoms with Crippen LogP contribution in [0.5, 0.6) is 11.5 Å². The molecular weight excluding hydrogens is 410 g/mol. The van der Waals surface area contributed by atoms with Crippen molar-refractivity contribution in [2.45, 2.75) is 11.3 Å². The number of ketones is 1. The lowest BCUT2D eigenvalue weighted by Crippen LogP contribution is -2.16. The molecule has 3 rings (SSSR count). The van der Waals surface area contributed by atoms with Crippen LogP contribution in [0.4, 0.5) is 0 Å². The summed E-state index contributed by atoms with van der Waals surface area (Å²) in [4.78, 5) is 24.3. The molecule has 0 fully saturated rings. The van der Waals surface area contributed by atoms with Gasteiger partial charge in [-0.1, -0.05) is 11.6 Å². The zero-order valence-electron chi connectivity index (χ0n) is 14.5. The second kappa shape index (κ2) is 8.17. The lowest BCUT2D eigenvalue weighted by Gasteiger charge is -2.10. The van der Waals surface area contributed by atoms with Gasteiger partial charge in [-0.2, -0.15) is 0 Å². The number of Topliss-reactive ketones (excluding diaryl/α,β-unsaturated/α-hetero) is 1. The largest absolute Gasteiger partial charge is 0.490 e. The number of halogens is 1. The van der Waals surface area contributed by atoms with Crippen molar-refractivity contribution in [3.8, 4) is 11.5 Å². The Kier molecular flexibility index (Phi) is 5.87. The number of rotatable bonds is 5. The second-order valence-corrected chi connectivity index (χ2v) is 7.87. The topological polar surface area (TPSA) is 122 Å². The van der Waals surface area contributed by atoms with Gasteiger partial charge in [-0.25, -0.2) is 18.4 Å². The standard InChI is InChI=1S/C18H16ClNO7S/c19-14-4-3-12(28(20,23)24)9-13(14)18(22)27-10-15(21)11-2-5-16-17(8-11)26-7-1-6-25-16/h2-5,8-9H,1,6-7,10H2,(H2,20,23,24). The number of sulfonamides is 1. The average Bonchev–Trinajstić information content (AvgIpc) is 2.90. The maximum Gasteiger partial charge on any atom is 0.340 e. The smallest absolute Gasteiger partial charge is 0.340 e. The van der Waals surface area contributed by atoms with E-state index in [-0.39, 0.29) is 21.0 Å². The van der Waals surface area contributed by atoms with Gasteiger partial charge in [-0.05, 0) is 36.4 Å². The molecule has 0 atom stereocenters. The Hall–Kier alpha value is -2.62. The van der Waals surface area contributed by atoms with Crippen LogP contribution in [0.2, 0.25) is 5.02 Å². The quantitative estimate of drug-likeness (QED) is 0.575. The number of esters is 1. The molecule has 1 aliphatic rings. The molecule has 0 amide bonds. The van der Waals surface area contributed by atoms with E-state index in [0.29, 0.717) is 24.7 Å². The van der Waals surface area contributed by atoms with Crippen LogP contribution in [0.1, 0.15) is 27.1 Å². The van der Waals surface area contributed by atoms with E-state index >= 15 is 0 Å². The van der Waals surface area contributed by atoms with Crippen LogP contribution in [0, 0.1) is 0 Å². The first-order chi connectivity index (χ1) is 13.3. The summed E-state index contributed by atoms with van der Waals surface area (Å²) in [6.45, 7) is 0.434. The molecule has 2 aromatic rings. The third kappa shape index (κ3) is 4.61. The van der Waals surface area contributed by atoms with Crippen molar-refractivity contribution in [1.29, 1.82) is 0 Å². The minimum atomic E-state index is -4.02. The molecule has 2 N–H and O–H groups in total. The van der Waals surface area contributed by atoms with Crippen molar-refractivity contribution in [1.82, 2.24) is 0 Å². The zero-order valence-corrected chi connectivity index (χ0v) is 16.1. The summed E-state index contributed by atoms with van der Waals surface area (Å²) >= 11 is 5.92. The van der Waals surface area contributed by atoms with E-state index < -0.39 is 28.4 Å². The molecule has 10 heteroatoms. The number of nitrogens with two attached hydrogens (primary N) is 1. The molecule has 0 aromatic heterocycles. The zero-order chi connectivity index (χ0) is 20.3. The fourth-order valence-electron chi connectivity index (χ4n) is 2.47.